The standard InChI is InChI=1S/C14H14ClN7O/c1-21-4-6-22(7-5-21)13-18-12(15)19-14(20-13)23-11-3-2-10(8-16)9-17-11/h2-3,9H,4-7H2,1H3. The Hall–Kier alpha value is -2.50. The maximum absolute atomic E-state index is 8.76. The topological polar surface area (TPSA) is 91.1 Å². The summed E-state index contributed by atoms with van der Waals surface area (Å²) in [6.45, 7) is 3.48. The molecular weight excluding hydrogens is 318 g/mol. The maximum atomic E-state index is 8.76. The van der Waals surface area contributed by atoms with Crippen molar-refractivity contribution in [3.05, 3.63) is 29.2 Å². The van der Waals surface area contributed by atoms with E-state index in [1.54, 1.807) is 12.1 Å². The molecule has 23 heavy (non-hydrogen) atoms. The van der Waals surface area contributed by atoms with E-state index in [1.807, 2.05) is 11.0 Å². The van der Waals surface area contributed by atoms with Crippen LogP contribution in [0.15, 0.2) is 18.3 Å². The Labute approximate surface area is 138 Å². The van der Waals surface area contributed by atoms with E-state index in [-0.39, 0.29) is 17.2 Å². The Kier molecular flexibility index (Phi) is 4.50. The van der Waals surface area contributed by atoms with Crippen molar-refractivity contribution in [3.63, 3.8) is 0 Å². The van der Waals surface area contributed by atoms with Crippen LogP contribution in [0.25, 0.3) is 0 Å². The fourth-order valence-corrected chi connectivity index (χ4v) is 2.26. The van der Waals surface area contributed by atoms with E-state index in [0.717, 1.165) is 26.2 Å². The van der Waals surface area contributed by atoms with E-state index < -0.39 is 0 Å². The number of likely N-dealkylation sites (N-methyl/N-ethyl adjacent to an activating group) is 1. The lowest BCUT2D eigenvalue weighted by Gasteiger charge is -2.32. The first kappa shape index (κ1) is 15.4. The molecule has 2 aromatic rings. The number of hydrogen-bond donors (Lipinski definition) is 0. The average Bonchev–Trinajstić information content (AvgIpc) is 2.56. The minimum Gasteiger partial charge on any atom is -0.405 e. The van der Waals surface area contributed by atoms with E-state index in [4.69, 9.17) is 21.6 Å². The van der Waals surface area contributed by atoms with Crippen molar-refractivity contribution in [2.45, 2.75) is 0 Å². The summed E-state index contributed by atoms with van der Waals surface area (Å²) < 4.78 is 5.51. The minimum atomic E-state index is 0.0672. The first-order chi connectivity index (χ1) is 11.1. The molecule has 0 unspecified atom stereocenters. The second-order valence-electron chi connectivity index (χ2n) is 5.08. The van der Waals surface area contributed by atoms with Gasteiger partial charge in [-0.2, -0.15) is 20.2 Å². The van der Waals surface area contributed by atoms with Gasteiger partial charge in [0, 0.05) is 38.4 Å². The van der Waals surface area contributed by atoms with Crippen LogP contribution in [0.4, 0.5) is 5.95 Å². The third kappa shape index (κ3) is 3.83. The smallest absolute Gasteiger partial charge is 0.329 e. The van der Waals surface area contributed by atoms with Crippen molar-refractivity contribution < 1.29 is 4.74 Å². The van der Waals surface area contributed by atoms with Gasteiger partial charge in [0.15, 0.2) is 0 Å². The summed E-state index contributed by atoms with van der Waals surface area (Å²) in [6.07, 6.45) is 1.42. The number of nitriles is 1. The van der Waals surface area contributed by atoms with Crippen LogP contribution in [0.5, 0.6) is 11.9 Å². The molecule has 8 nitrogen and oxygen atoms in total. The number of halogens is 1. The van der Waals surface area contributed by atoms with Crippen LogP contribution in [0.3, 0.4) is 0 Å². The Morgan fingerprint density at radius 1 is 1.17 bits per heavy atom. The predicted molar refractivity (Wildman–Crippen MR) is 83.6 cm³/mol. The van der Waals surface area contributed by atoms with Crippen molar-refractivity contribution in [3.8, 4) is 18.0 Å². The zero-order chi connectivity index (χ0) is 16.2. The second-order valence-corrected chi connectivity index (χ2v) is 5.41. The molecule has 3 heterocycles. The molecule has 1 fully saturated rings. The molecule has 0 radical (unpaired) electrons. The number of anilines is 1. The van der Waals surface area contributed by atoms with Gasteiger partial charge in [0.1, 0.15) is 6.07 Å². The molecule has 3 rings (SSSR count). The van der Waals surface area contributed by atoms with Crippen LogP contribution in [-0.4, -0.2) is 58.1 Å². The summed E-state index contributed by atoms with van der Waals surface area (Å²) in [5, 5.41) is 8.83. The fraction of sp³-hybridized carbons (Fsp3) is 0.357. The highest BCUT2D eigenvalue weighted by atomic mass is 35.5. The Morgan fingerprint density at radius 3 is 2.61 bits per heavy atom. The van der Waals surface area contributed by atoms with Gasteiger partial charge < -0.3 is 14.5 Å². The molecule has 0 aromatic carbocycles. The van der Waals surface area contributed by atoms with E-state index >= 15 is 0 Å². The lowest BCUT2D eigenvalue weighted by Crippen LogP contribution is -2.45. The van der Waals surface area contributed by atoms with E-state index in [0.29, 0.717) is 11.5 Å². The van der Waals surface area contributed by atoms with Crippen LogP contribution in [0.1, 0.15) is 5.56 Å². The van der Waals surface area contributed by atoms with Gasteiger partial charge in [0.2, 0.25) is 17.1 Å². The molecule has 0 atom stereocenters. The van der Waals surface area contributed by atoms with Gasteiger partial charge in [-0.3, -0.25) is 0 Å². The highest BCUT2D eigenvalue weighted by Gasteiger charge is 2.18. The first-order valence-corrected chi connectivity index (χ1v) is 7.41. The monoisotopic (exact) mass is 331 g/mol. The van der Waals surface area contributed by atoms with Crippen molar-refractivity contribution in [1.29, 1.82) is 5.26 Å². The number of nitrogens with zero attached hydrogens (tertiary/aromatic N) is 7. The van der Waals surface area contributed by atoms with Crippen molar-refractivity contribution >= 4 is 17.5 Å². The van der Waals surface area contributed by atoms with Crippen LogP contribution in [-0.2, 0) is 0 Å². The van der Waals surface area contributed by atoms with Gasteiger partial charge in [-0.05, 0) is 24.7 Å². The van der Waals surface area contributed by atoms with E-state index in [2.05, 4.69) is 31.9 Å². The molecule has 0 bridgehead atoms. The average molecular weight is 332 g/mol. The summed E-state index contributed by atoms with van der Waals surface area (Å²) in [6, 6.07) is 5.25. The predicted octanol–water partition coefficient (Wildman–Crippen LogP) is 1.34. The molecule has 0 N–H and O–H groups in total. The van der Waals surface area contributed by atoms with E-state index in [1.165, 1.54) is 6.20 Å². The molecule has 1 aliphatic heterocycles. The van der Waals surface area contributed by atoms with Crippen molar-refractivity contribution in [2.24, 2.45) is 0 Å². The van der Waals surface area contributed by atoms with Gasteiger partial charge in [0.05, 0.1) is 5.56 Å². The highest BCUT2D eigenvalue weighted by molar-refractivity contribution is 6.28. The normalized spacial score (nSPS) is 15.3. The molecule has 0 amide bonds. The number of aromatic nitrogens is 4. The summed E-state index contributed by atoms with van der Waals surface area (Å²) in [5.74, 6) is 0.775. The van der Waals surface area contributed by atoms with Gasteiger partial charge >= 0.3 is 6.01 Å². The quantitative estimate of drug-likeness (QED) is 0.832. The number of hydrogen-bond acceptors (Lipinski definition) is 8. The largest absolute Gasteiger partial charge is 0.405 e. The van der Waals surface area contributed by atoms with Crippen molar-refractivity contribution in [2.75, 3.05) is 38.1 Å². The summed E-state index contributed by atoms with van der Waals surface area (Å²) in [7, 11) is 2.07. The highest BCUT2D eigenvalue weighted by Crippen LogP contribution is 2.20. The molecule has 2 aromatic heterocycles. The van der Waals surface area contributed by atoms with Gasteiger partial charge in [-0.15, -0.1) is 0 Å². The van der Waals surface area contributed by atoms with Crippen LogP contribution < -0.4 is 9.64 Å². The first-order valence-electron chi connectivity index (χ1n) is 7.03. The van der Waals surface area contributed by atoms with Crippen LogP contribution >= 0.6 is 11.6 Å². The fourth-order valence-electron chi connectivity index (χ4n) is 2.12. The zero-order valence-electron chi connectivity index (χ0n) is 12.5. The molecule has 1 aliphatic rings. The number of pyridine rings is 1. The van der Waals surface area contributed by atoms with Crippen LogP contribution in [0, 0.1) is 11.3 Å². The SMILES string of the molecule is CN1CCN(c2nc(Cl)nc(Oc3ccc(C#N)cn3)n2)CC1. The number of piperazine rings is 1. The van der Waals surface area contributed by atoms with Gasteiger partial charge in [-0.25, -0.2) is 4.98 Å². The molecule has 118 valence electrons. The minimum absolute atomic E-state index is 0.0672. The lowest BCUT2D eigenvalue weighted by atomic mass is 10.3. The Morgan fingerprint density at radius 2 is 1.96 bits per heavy atom. The van der Waals surface area contributed by atoms with E-state index in [9.17, 15) is 0 Å². The summed E-state index contributed by atoms with van der Waals surface area (Å²) in [4.78, 5) is 20.7. The number of ether oxygens (including phenoxy) is 1. The molecule has 0 spiro atoms. The van der Waals surface area contributed by atoms with Gasteiger partial charge in [-0.1, -0.05) is 0 Å². The summed E-state index contributed by atoms with van der Waals surface area (Å²) in [5.41, 5.74) is 0.448. The van der Waals surface area contributed by atoms with Gasteiger partial charge in [0.25, 0.3) is 0 Å². The molecule has 9 heteroatoms. The van der Waals surface area contributed by atoms with Crippen molar-refractivity contribution in [1.82, 2.24) is 24.8 Å². The maximum Gasteiger partial charge on any atom is 0.329 e. The number of rotatable bonds is 3. The second kappa shape index (κ2) is 6.73. The zero-order valence-corrected chi connectivity index (χ0v) is 13.2. The lowest BCUT2D eigenvalue weighted by molar-refractivity contribution is 0.310. The molecule has 0 saturated carbocycles. The Balaban J connectivity index is 1.78. The summed E-state index contributed by atoms with van der Waals surface area (Å²) >= 11 is 5.97. The third-order valence-electron chi connectivity index (χ3n) is 3.42. The Bertz CT molecular complexity index is 723. The molecular formula is C14H14ClN7O. The third-order valence-corrected chi connectivity index (χ3v) is 3.59. The van der Waals surface area contributed by atoms with Crippen LogP contribution in [0.2, 0.25) is 5.28 Å². The molecule has 0 aliphatic carbocycles. The molecule has 1 saturated heterocycles.